The minimum Gasteiger partial charge on any atom is -0.486 e. The van der Waals surface area contributed by atoms with Crippen molar-refractivity contribution < 1.29 is 19.0 Å². The predicted octanol–water partition coefficient (Wildman–Crippen LogP) is 0.543. The van der Waals surface area contributed by atoms with Crippen LogP contribution in [0.5, 0.6) is 5.75 Å². The van der Waals surface area contributed by atoms with Gasteiger partial charge in [-0.1, -0.05) is 0 Å². The molecular formula is C18H23N3O4. The Bertz CT molecular complexity index is 608. The van der Waals surface area contributed by atoms with Gasteiger partial charge < -0.3 is 19.5 Å². The molecule has 2 fully saturated rings. The molecule has 7 heteroatoms. The van der Waals surface area contributed by atoms with Crippen molar-refractivity contribution in [3.63, 3.8) is 0 Å². The van der Waals surface area contributed by atoms with Crippen LogP contribution in [0, 0.1) is 11.3 Å². The fourth-order valence-corrected chi connectivity index (χ4v) is 2.99. The van der Waals surface area contributed by atoms with Crippen LogP contribution < -0.4 is 10.1 Å². The summed E-state index contributed by atoms with van der Waals surface area (Å²) in [5.74, 6) is 0.671. The Morgan fingerprint density at radius 3 is 2.72 bits per heavy atom. The highest BCUT2D eigenvalue weighted by Gasteiger charge is 2.29. The third-order valence-corrected chi connectivity index (χ3v) is 4.39. The fourth-order valence-electron chi connectivity index (χ4n) is 2.99. The summed E-state index contributed by atoms with van der Waals surface area (Å²) in [7, 11) is 0. The van der Waals surface area contributed by atoms with E-state index in [9.17, 15) is 4.79 Å². The number of hydrogen-bond donors (Lipinski definition) is 1. The van der Waals surface area contributed by atoms with Crippen molar-refractivity contribution in [2.75, 3.05) is 46.1 Å². The second kappa shape index (κ2) is 8.81. The smallest absolute Gasteiger partial charge is 0.234 e. The van der Waals surface area contributed by atoms with E-state index >= 15 is 0 Å². The van der Waals surface area contributed by atoms with Gasteiger partial charge >= 0.3 is 0 Å². The van der Waals surface area contributed by atoms with Crippen LogP contribution in [-0.4, -0.2) is 69.0 Å². The zero-order valence-corrected chi connectivity index (χ0v) is 14.1. The largest absolute Gasteiger partial charge is 0.486 e. The molecule has 2 aliphatic heterocycles. The average Bonchev–Trinajstić information content (AvgIpc) is 2.65. The summed E-state index contributed by atoms with van der Waals surface area (Å²) in [6.07, 6.45) is 0.478. The lowest BCUT2D eigenvalue weighted by Crippen LogP contribution is -2.54. The predicted molar refractivity (Wildman–Crippen MR) is 90.2 cm³/mol. The van der Waals surface area contributed by atoms with Gasteiger partial charge in [0.1, 0.15) is 11.9 Å². The zero-order valence-electron chi connectivity index (χ0n) is 14.1. The van der Waals surface area contributed by atoms with Gasteiger partial charge in [-0.2, -0.15) is 5.26 Å². The second-order valence-corrected chi connectivity index (χ2v) is 6.22. The van der Waals surface area contributed by atoms with Gasteiger partial charge in [-0.05, 0) is 30.7 Å². The van der Waals surface area contributed by atoms with E-state index in [1.54, 1.807) is 24.3 Å². The van der Waals surface area contributed by atoms with E-state index < -0.39 is 0 Å². The molecule has 7 nitrogen and oxygen atoms in total. The van der Waals surface area contributed by atoms with Crippen LogP contribution in [0.25, 0.3) is 0 Å². The molecule has 25 heavy (non-hydrogen) atoms. The summed E-state index contributed by atoms with van der Waals surface area (Å²) >= 11 is 0. The molecule has 1 aromatic rings. The van der Waals surface area contributed by atoms with Gasteiger partial charge in [-0.25, -0.2) is 0 Å². The molecule has 2 saturated heterocycles. The van der Waals surface area contributed by atoms with Crippen LogP contribution in [0.15, 0.2) is 24.3 Å². The number of rotatable bonds is 5. The van der Waals surface area contributed by atoms with Crippen molar-refractivity contribution in [2.45, 2.75) is 18.6 Å². The molecule has 1 aromatic carbocycles. The van der Waals surface area contributed by atoms with Gasteiger partial charge in [-0.15, -0.1) is 0 Å². The van der Waals surface area contributed by atoms with Gasteiger partial charge in [0.05, 0.1) is 44.0 Å². The van der Waals surface area contributed by atoms with Gasteiger partial charge in [0.2, 0.25) is 5.91 Å². The number of benzene rings is 1. The van der Waals surface area contributed by atoms with Crippen molar-refractivity contribution in [1.82, 2.24) is 10.2 Å². The molecule has 1 amide bonds. The highest BCUT2D eigenvalue weighted by molar-refractivity contribution is 5.78. The lowest BCUT2D eigenvalue weighted by Gasteiger charge is -2.33. The summed E-state index contributed by atoms with van der Waals surface area (Å²) in [6.45, 7) is 4.34. The third kappa shape index (κ3) is 5.16. The summed E-state index contributed by atoms with van der Waals surface area (Å²) in [6, 6.07) is 8.95. The number of amides is 1. The van der Waals surface area contributed by atoms with Gasteiger partial charge in [0.15, 0.2) is 0 Å². The van der Waals surface area contributed by atoms with Crippen molar-refractivity contribution in [2.24, 2.45) is 0 Å². The lowest BCUT2D eigenvalue weighted by atomic mass is 10.1. The highest BCUT2D eigenvalue weighted by atomic mass is 16.5. The average molecular weight is 345 g/mol. The number of hydrogen-bond acceptors (Lipinski definition) is 6. The van der Waals surface area contributed by atoms with E-state index in [1.165, 1.54) is 0 Å². The first-order chi connectivity index (χ1) is 12.2. The minimum absolute atomic E-state index is 0.00206. The molecule has 2 heterocycles. The topological polar surface area (TPSA) is 83.8 Å². The lowest BCUT2D eigenvalue weighted by molar-refractivity contribution is -0.126. The summed E-state index contributed by atoms with van der Waals surface area (Å²) in [4.78, 5) is 14.4. The van der Waals surface area contributed by atoms with Gasteiger partial charge in [-0.3, -0.25) is 9.69 Å². The molecule has 2 atom stereocenters. The van der Waals surface area contributed by atoms with E-state index in [4.69, 9.17) is 19.5 Å². The Labute approximate surface area is 147 Å². The maximum absolute atomic E-state index is 12.3. The van der Waals surface area contributed by atoms with E-state index in [-0.39, 0.29) is 18.1 Å². The number of carbonyl (C=O) groups is 1. The standard InChI is InChI=1S/C18H23N3O4/c19-11-14-1-3-15(4-2-14)25-17-13-24-8-5-16(17)20-18(22)12-21-6-9-23-10-7-21/h1-4,16-17H,5-10,12-13H2,(H,20,22)/t16-,17-/m1/s1. The molecule has 0 radical (unpaired) electrons. The van der Waals surface area contributed by atoms with Crippen LogP contribution >= 0.6 is 0 Å². The summed E-state index contributed by atoms with van der Waals surface area (Å²) in [5, 5.41) is 11.9. The van der Waals surface area contributed by atoms with Crippen molar-refractivity contribution in [1.29, 1.82) is 5.26 Å². The second-order valence-electron chi connectivity index (χ2n) is 6.22. The molecule has 1 N–H and O–H groups in total. The molecule has 0 aliphatic carbocycles. The maximum Gasteiger partial charge on any atom is 0.234 e. The number of ether oxygens (including phenoxy) is 3. The van der Waals surface area contributed by atoms with Crippen molar-refractivity contribution in [3.05, 3.63) is 29.8 Å². The third-order valence-electron chi connectivity index (χ3n) is 4.39. The summed E-state index contributed by atoms with van der Waals surface area (Å²) < 4.78 is 16.8. The summed E-state index contributed by atoms with van der Waals surface area (Å²) in [5.41, 5.74) is 0.586. The van der Waals surface area contributed by atoms with E-state index in [2.05, 4.69) is 16.3 Å². The first-order valence-electron chi connectivity index (χ1n) is 8.58. The Hall–Kier alpha value is -2.14. The Kier molecular flexibility index (Phi) is 6.23. The number of carbonyl (C=O) groups excluding carboxylic acids is 1. The van der Waals surface area contributed by atoms with Crippen LogP contribution in [0.3, 0.4) is 0 Å². The zero-order chi connectivity index (χ0) is 17.5. The number of nitrogens with one attached hydrogen (secondary N) is 1. The first kappa shape index (κ1) is 17.7. The Morgan fingerprint density at radius 2 is 2.00 bits per heavy atom. The van der Waals surface area contributed by atoms with Gasteiger partial charge in [0.25, 0.3) is 0 Å². The molecule has 0 unspecified atom stereocenters. The highest BCUT2D eigenvalue weighted by Crippen LogP contribution is 2.18. The molecule has 3 rings (SSSR count). The Morgan fingerprint density at radius 1 is 1.24 bits per heavy atom. The number of morpholine rings is 1. The van der Waals surface area contributed by atoms with Crippen LogP contribution in [0.1, 0.15) is 12.0 Å². The molecule has 0 spiro atoms. The molecule has 134 valence electrons. The van der Waals surface area contributed by atoms with E-state index in [0.717, 1.165) is 19.5 Å². The van der Waals surface area contributed by atoms with E-state index in [0.29, 0.717) is 44.3 Å². The molecule has 2 aliphatic rings. The minimum atomic E-state index is -0.240. The van der Waals surface area contributed by atoms with Crippen molar-refractivity contribution >= 4 is 5.91 Å². The van der Waals surface area contributed by atoms with Crippen LogP contribution in [0.2, 0.25) is 0 Å². The maximum atomic E-state index is 12.3. The molecular weight excluding hydrogens is 322 g/mol. The van der Waals surface area contributed by atoms with Crippen LogP contribution in [-0.2, 0) is 14.3 Å². The van der Waals surface area contributed by atoms with Crippen molar-refractivity contribution in [3.8, 4) is 11.8 Å². The van der Waals surface area contributed by atoms with Gasteiger partial charge in [0, 0.05) is 19.7 Å². The van der Waals surface area contributed by atoms with E-state index in [1.807, 2.05) is 0 Å². The SMILES string of the molecule is N#Cc1ccc(O[C@@H]2COCC[C@H]2NC(=O)CN2CCOCC2)cc1. The monoisotopic (exact) mass is 345 g/mol. The fraction of sp³-hybridized carbons (Fsp3) is 0.556. The first-order valence-corrected chi connectivity index (χ1v) is 8.58. The molecule has 0 bridgehead atoms. The number of nitrogens with zero attached hydrogens (tertiary/aromatic N) is 2. The Balaban J connectivity index is 1.54. The molecule has 0 saturated carbocycles. The van der Waals surface area contributed by atoms with Crippen LogP contribution in [0.4, 0.5) is 0 Å². The number of nitriles is 1. The normalized spacial score (nSPS) is 24.3. The molecule has 0 aromatic heterocycles. The quantitative estimate of drug-likeness (QED) is 0.839.